The molecular formula is C23H33N3O5. The summed E-state index contributed by atoms with van der Waals surface area (Å²) in [6.07, 6.45) is 3.16. The van der Waals surface area contributed by atoms with E-state index < -0.39 is 5.97 Å². The number of primary amides is 1. The molecule has 1 aromatic carbocycles. The summed E-state index contributed by atoms with van der Waals surface area (Å²) in [5, 5.41) is 11.3. The van der Waals surface area contributed by atoms with E-state index in [9.17, 15) is 19.5 Å². The number of quaternary nitrogens is 1. The van der Waals surface area contributed by atoms with Gasteiger partial charge in [-0.15, -0.1) is 0 Å². The number of hydrogen-bond donors (Lipinski definition) is 2. The van der Waals surface area contributed by atoms with E-state index in [0.717, 1.165) is 38.9 Å². The number of carbonyl (C=O) groups is 3. The fraction of sp³-hybridized carbons (Fsp3) is 0.609. The number of methoxy groups -OCH3 is 1. The van der Waals surface area contributed by atoms with E-state index in [1.54, 1.807) is 31.4 Å². The number of amides is 2. The highest BCUT2D eigenvalue weighted by Gasteiger charge is 2.33. The molecule has 2 aliphatic heterocycles. The largest absolute Gasteiger partial charge is 0.550 e. The molecule has 0 radical (unpaired) electrons. The van der Waals surface area contributed by atoms with Gasteiger partial charge in [0.25, 0.3) is 5.91 Å². The molecule has 0 bridgehead atoms. The number of benzene rings is 1. The summed E-state index contributed by atoms with van der Waals surface area (Å²) in [4.78, 5) is 38.9. The van der Waals surface area contributed by atoms with Crippen LogP contribution in [0.1, 0.15) is 42.5 Å². The van der Waals surface area contributed by atoms with E-state index in [4.69, 9.17) is 10.5 Å². The van der Waals surface area contributed by atoms with Crippen molar-refractivity contribution in [3.8, 4) is 5.75 Å². The standard InChI is InChI=1S/C23H33N3O5/c1-31-20-4-2-17(3-5-20)23(30)26-13-9-18(14-21(27)28)19(15-26)8-12-25-10-6-16(7-11-25)22(24)29/h2-5,16,18-19H,6-15H2,1H3,(H2,24,29)(H,27,28)/t18-,19-/m0/s1. The summed E-state index contributed by atoms with van der Waals surface area (Å²) in [5.41, 5.74) is 6.03. The van der Waals surface area contributed by atoms with E-state index in [0.29, 0.717) is 30.8 Å². The number of carbonyl (C=O) groups excluding carboxylic acids is 3. The molecule has 2 saturated heterocycles. The number of piperidine rings is 2. The molecule has 2 amide bonds. The van der Waals surface area contributed by atoms with Crippen LogP contribution in [0.2, 0.25) is 0 Å². The van der Waals surface area contributed by atoms with Gasteiger partial charge in [0.05, 0.1) is 26.7 Å². The number of rotatable bonds is 8. The first kappa shape index (κ1) is 23.1. The average molecular weight is 432 g/mol. The lowest BCUT2D eigenvalue weighted by Crippen LogP contribution is -3.13. The maximum atomic E-state index is 13.0. The van der Waals surface area contributed by atoms with Crippen LogP contribution in [0.4, 0.5) is 0 Å². The van der Waals surface area contributed by atoms with Crippen LogP contribution in [0.5, 0.6) is 5.75 Å². The van der Waals surface area contributed by atoms with Crippen LogP contribution in [0.3, 0.4) is 0 Å². The van der Waals surface area contributed by atoms with Gasteiger partial charge in [0, 0.05) is 49.8 Å². The Labute approximate surface area is 183 Å². The molecular weight excluding hydrogens is 398 g/mol. The lowest BCUT2D eigenvalue weighted by molar-refractivity contribution is -0.906. The quantitative estimate of drug-likeness (QED) is 0.552. The van der Waals surface area contributed by atoms with Gasteiger partial charge in [0.2, 0.25) is 5.91 Å². The molecule has 0 unspecified atom stereocenters. The Hall–Kier alpha value is -2.61. The first-order valence-corrected chi connectivity index (χ1v) is 11.1. The zero-order valence-electron chi connectivity index (χ0n) is 18.2. The zero-order valence-corrected chi connectivity index (χ0v) is 18.2. The average Bonchev–Trinajstić information content (AvgIpc) is 2.78. The number of hydrogen-bond acceptors (Lipinski definition) is 5. The lowest BCUT2D eigenvalue weighted by Gasteiger charge is -2.39. The Morgan fingerprint density at radius 3 is 2.39 bits per heavy atom. The van der Waals surface area contributed by atoms with Crippen molar-refractivity contribution in [3.05, 3.63) is 29.8 Å². The molecule has 0 aromatic heterocycles. The predicted molar refractivity (Wildman–Crippen MR) is 112 cm³/mol. The molecule has 8 heteroatoms. The second-order valence-electron chi connectivity index (χ2n) is 8.83. The summed E-state index contributed by atoms with van der Waals surface area (Å²) in [6, 6.07) is 7.06. The van der Waals surface area contributed by atoms with Crippen molar-refractivity contribution in [2.45, 2.75) is 32.1 Å². The monoisotopic (exact) mass is 431 g/mol. The molecule has 2 heterocycles. The van der Waals surface area contributed by atoms with Crippen LogP contribution in [-0.2, 0) is 9.59 Å². The van der Waals surface area contributed by atoms with Crippen LogP contribution in [-0.4, -0.2) is 62.5 Å². The third-order valence-electron chi connectivity index (χ3n) is 6.91. The van der Waals surface area contributed by atoms with Crippen molar-refractivity contribution < 1.29 is 29.1 Å². The van der Waals surface area contributed by atoms with Crippen LogP contribution < -0.4 is 20.5 Å². The third kappa shape index (κ3) is 6.19. The Bertz CT molecular complexity index is 774. The molecule has 2 fully saturated rings. The maximum absolute atomic E-state index is 13.0. The Morgan fingerprint density at radius 2 is 1.81 bits per heavy atom. The van der Waals surface area contributed by atoms with Gasteiger partial charge < -0.3 is 30.2 Å². The van der Waals surface area contributed by atoms with Crippen molar-refractivity contribution in [2.75, 3.05) is 39.8 Å². The van der Waals surface area contributed by atoms with Gasteiger partial charge >= 0.3 is 0 Å². The number of carboxylic acid groups (broad SMARTS) is 1. The number of ether oxygens (including phenoxy) is 1. The smallest absolute Gasteiger partial charge is 0.253 e. The molecule has 1 aromatic rings. The molecule has 0 saturated carbocycles. The molecule has 2 atom stereocenters. The van der Waals surface area contributed by atoms with Gasteiger partial charge in [0.1, 0.15) is 5.75 Å². The fourth-order valence-electron chi connectivity index (χ4n) is 4.94. The van der Waals surface area contributed by atoms with E-state index in [-0.39, 0.29) is 36.0 Å². The first-order chi connectivity index (χ1) is 14.9. The van der Waals surface area contributed by atoms with E-state index in [1.807, 2.05) is 4.90 Å². The molecule has 8 nitrogen and oxygen atoms in total. The highest BCUT2D eigenvalue weighted by molar-refractivity contribution is 5.94. The Kier molecular flexibility index (Phi) is 7.90. The molecule has 3 N–H and O–H groups in total. The topological polar surface area (TPSA) is 117 Å². The van der Waals surface area contributed by atoms with Crippen LogP contribution in [0, 0.1) is 17.8 Å². The first-order valence-electron chi connectivity index (χ1n) is 11.1. The number of nitrogens with one attached hydrogen (secondary N) is 1. The molecule has 2 aliphatic rings. The minimum absolute atomic E-state index is 0.0208. The van der Waals surface area contributed by atoms with Gasteiger partial charge in [-0.3, -0.25) is 9.59 Å². The van der Waals surface area contributed by atoms with Crippen molar-refractivity contribution in [3.63, 3.8) is 0 Å². The third-order valence-corrected chi connectivity index (χ3v) is 6.91. The molecule has 0 aliphatic carbocycles. The Balaban J connectivity index is 1.60. The summed E-state index contributed by atoms with van der Waals surface area (Å²) >= 11 is 0. The number of aliphatic carboxylic acids is 1. The molecule has 0 spiro atoms. The van der Waals surface area contributed by atoms with Crippen molar-refractivity contribution in [2.24, 2.45) is 23.5 Å². The van der Waals surface area contributed by atoms with Gasteiger partial charge in [-0.05, 0) is 48.9 Å². The lowest BCUT2D eigenvalue weighted by atomic mass is 9.80. The minimum Gasteiger partial charge on any atom is -0.550 e. The maximum Gasteiger partial charge on any atom is 0.253 e. The van der Waals surface area contributed by atoms with Gasteiger partial charge in [-0.25, -0.2) is 0 Å². The minimum atomic E-state index is -1.03. The Morgan fingerprint density at radius 1 is 1.13 bits per heavy atom. The second kappa shape index (κ2) is 10.6. The zero-order chi connectivity index (χ0) is 22.4. The number of carboxylic acids is 1. The van der Waals surface area contributed by atoms with Crippen molar-refractivity contribution in [1.82, 2.24) is 4.90 Å². The summed E-state index contributed by atoms with van der Waals surface area (Å²) in [7, 11) is 1.59. The molecule has 31 heavy (non-hydrogen) atoms. The fourth-order valence-corrected chi connectivity index (χ4v) is 4.94. The van der Waals surface area contributed by atoms with E-state index in [1.165, 1.54) is 4.90 Å². The second-order valence-corrected chi connectivity index (χ2v) is 8.83. The SMILES string of the molecule is COc1ccc(C(=O)N2CC[C@@H](CC(=O)[O-])[C@@H](CC[NH+]3CCC(C(N)=O)CC3)C2)cc1. The van der Waals surface area contributed by atoms with Crippen LogP contribution >= 0.6 is 0 Å². The summed E-state index contributed by atoms with van der Waals surface area (Å²) < 4.78 is 5.16. The highest BCUT2D eigenvalue weighted by Crippen LogP contribution is 2.29. The summed E-state index contributed by atoms with van der Waals surface area (Å²) in [5.74, 6) is -0.462. The van der Waals surface area contributed by atoms with Crippen molar-refractivity contribution in [1.29, 1.82) is 0 Å². The van der Waals surface area contributed by atoms with Crippen LogP contribution in [0.15, 0.2) is 24.3 Å². The number of likely N-dealkylation sites (tertiary alicyclic amines) is 2. The normalized spacial score (nSPS) is 26.3. The summed E-state index contributed by atoms with van der Waals surface area (Å²) in [6.45, 7) is 3.82. The van der Waals surface area contributed by atoms with E-state index in [2.05, 4.69) is 0 Å². The van der Waals surface area contributed by atoms with Crippen molar-refractivity contribution >= 4 is 17.8 Å². The van der Waals surface area contributed by atoms with Gasteiger partial charge in [0.15, 0.2) is 0 Å². The number of nitrogens with zero attached hydrogens (tertiary/aromatic N) is 1. The van der Waals surface area contributed by atoms with Gasteiger partial charge in [-0.1, -0.05) is 0 Å². The van der Waals surface area contributed by atoms with Gasteiger partial charge in [-0.2, -0.15) is 0 Å². The highest BCUT2D eigenvalue weighted by atomic mass is 16.5. The van der Waals surface area contributed by atoms with E-state index >= 15 is 0 Å². The number of nitrogens with two attached hydrogens (primary N) is 1. The predicted octanol–water partition coefficient (Wildman–Crippen LogP) is -0.916. The molecule has 170 valence electrons. The van der Waals surface area contributed by atoms with Crippen LogP contribution in [0.25, 0.3) is 0 Å². The molecule has 3 rings (SSSR count).